The van der Waals surface area contributed by atoms with E-state index in [2.05, 4.69) is 15.2 Å². The van der Waals surface area contributed by atoms with Gasteiger partial charge in [0.1, 0.15) is 5.52 Å². The second-order valence-corrected chi connectivity index (χ2v) is 3.81. The van der Waals surface area contributed by atoms with Gasteiger partial charge in [0.05, 0.1) is 11.4 Å². The van der Waals surface area contributed by atoms with Crippen LogP contribution in [0.4, 0.5) is 0 Å². The van der Waals surface area contributed by atoms with E-state index in [1.807, 2.05) is 38.1 Å². The average molecular weight is 200 g/mol. The molecule has 0 amide bonds. The molecule has 15 heavy (non-hydrogen) atoms. The summed E-state index contributed by atoms with van der Waals surface area (Å²) in [5.41, 5.74) is 1.76. The van der Waals surface area contributed by atoms with Crippen molar-refractivity contribution in [1.29, 1.82) is 0 Å². The zero-order valence-electron chi connectivity index (χ0n) is 8.75. The van der Waals surface area contributed by atoms with Crippen LogP contribution in [-0.2, 0) is 0 Å². The van der Waals surface area contributed by atoms with Crippen LogP contribution >= 0.6 is 0 Å². The van der Waals surface area contributed by atoms with Crippen LogP contribution in [0.25, 0.3) is 15.9 Å². The first-order chi connectivity index (χ1) is 7.24. The molecule has 0 bridgehead atoms. The smallest absolute Gasteiger partial charge is 0.287 e. The van der Waals surface area contributed by atoms with E-state index >= 15 is 0 Å². The Bertz CT molecular complexity index is 507. The lowest BCUT2D eigenvalue weighted by Gasteiger charge is -2.08. The van der Waals surface area contributed by atoms with Gasteiger partial charge in [-0.3, -0.25) is 4.85 Å². The minimum absolute atomic E-state index is 0.229. The number of aromatic nitrogens is 3. The molecular formula is C11H12N4. The zero-order valence-corrected chi connectivity index (χ0v) is 8.75. The Kier molecular flexibility index (Phi) is 2.38. The lowest BCUT2D eigenvalue weighted by atomic mass is 10.1. The Morgan fingerprint density at radius 3 is 2.73 bits per heavy atom. The fourth-order valence-electron chi connectivity index (χ4n) is 1.57. The molecule has 0 aliphatic rings. The number of fused-ring (bicyclic) bond motifs is 1. The Hall–Kier alpha value is -1.89. The van der Waals surface area contributed by atoms with Gasteiger partial charge in [-0.25, -0.2) is 6.57 Å². The molecule has 0 radical (unpaired) electrons. The van der Waals surface area contributed by atoms with Crippen LogP contribution in [0.5, 0.6) is 0 Å². The van der Waals surface area contributed by atoms with E-state index in [1.165, 1.54) is 0 Å². The van der Waals surface area contributed by atoms with Gasteiger partial charge < -0.3 is 0 Å². The lowest BCUT2D eigenvalue weighted by Crippen LogP contribution is -2.12. The van der Waals surface area contributed by atoms with Gasteiger partial charge in [-0.15, -0.1) is 5.10 Å². The molecule has 1 unspecified atom stereocenters. The number of benzene rings is 1. The summed E-state index contributed by atoms with van der Waals surface area (Å²) in [6, 6.07) is 7.70. The van der Waals surface area contributed by atoms with Crippen LogP contribution < -0.4 is 0 Å². The summed E-state index contributed by atoms with van der Waals surface area (Å²) in [5, 5.41) is 8.08. The Morgan fingerprint density at radius 2 is 2.07 bits per heavy atom. The third-order valence-electron chi connectivity index (χ3n) is 2.36. The molecule has 1 aromatic heterocycles. The first kappa shape index (κ1) is 9.66. The molecule has 1 aromatic carbocycles. The third kappa shape index (κ3) is 1.57. The molecule has 2 aromatic rings. The van der Waals surface area contributed by atoms with Crippen LogP contribution in [0.2, 0.25) is 0 Å². The monoisotopic (exact) mass is 200 g/mol. The van der Waals surface area contributed by atoms with E-state index in [4.69, 9.17) is 6.57 Å². The van der Waals surface area contributed by atoms with Crippen LogP contribution in [0, 0.1) is 12.5 Å². The van der Waals surface area contributed by atoms with Crippen LogP contribution in [0.3, 0.4) is 0 Å². The van der Waals surface area contributed by atoms with Gasteiger partial charge in [-0.2, -0.15) is 4.68 Å². The van der Waals surface area contributed by atoms with E-state index in [0.29, 0.717) is 0 Å². The normalized spacial score (nSPS) is 12.9. The maximum Gasteiger partial charge on any atom is 0.320 e. The summed E-state index contributed by atoms with van der Waals surface area (Å²) in [4.78, 5) is 3.59. The van der Waals surface area contributed by atoms with E-state index in [1.54, 1.807) is 4.68 Å². The third-order valence-corrected chi connectivity index (χ3v) is 2.36. The van der Waals surface area contributed by atoms with Crippen molar-refractivity contribution in [2.24, 2.45) is 5.92 Å². The van der Waals surface area contributed by atoms with Crippen LogP contribution in [0.1, 0.15) is 20.0 Å². The highest BCUT2D eigenvalue weighted by Gasteiger charge is 2.22. The molecule has 0 saturated heterocycles. The van der Waals surface area contributed by atoms with Gasteiger partial charge in [0.15, 0.2) is 0 Å². The molecule has 0 N–H and O–H groups in total. The first-order valence-corrected chi connectivity index (χ1v) is 4.90. The second kappa shape index (κ2) is 3.70. The molecule has 0 saturated carbocycles. The van der Waals surface area contributed by atoms with Gasteiger partial charge in [0.2, 0.25) is 0 Å². The largest absolute Gasteiger partial charge is 0.320 e. The predicted molar refractivity (Wildman–Crippen MR) is 58.0 cm³/mol. The molecule has 1 heterocycles. The van der Waals surface area contributed by atoms with Gasteiger partial charge in [0, 0.05) is 0 Å². The maximum atomic E-state index is 7.18. The Labute approximate surface area is 88.3 Å². The van der Waals surface area contributed by atoms with E-state index in [-0.39, 0.29) is 12.1 Å². The van der Waals surface area contributed by atoms with Crippen molar-refractivity contribution >= 4 is 11.0 Å². The summed E-state index contributed by atoms with van der Waals surface area (Å²) < 4.78 is 1.70. The SMILES string of the molecule is [C-]#[N+]C(C(C)C)n1nnc2ccccc21. The van der Waals surface area contributed by atoms with E-state index in [9.17, 15) is 0 Å². The molecule has 1 atom stereocenters. The van der Waals surface area contributed by atoms with Gasteiger partial charge in [-0.1, -0.05) is 31.2 Å². The zero-order chi connectivity index (χ0) is 10.8. The molecule has 4 nitrogen and oxygen atoms in total. The summed E-state index contributed by atoms with van der Waals surface area (Å²) in [5.74, 6) is 0.229. The minimum atomic E-state index is -0.266. The molecule has 0 spiro atoms. The minimum Gasteiger partial charge on any atom is -0.287 e. The van der Waals surface area contributed by atoms with Crippen molar-refractivity contribution in [1.82, 2.24) is 15.0 Å². The van der Waals surface area contributed by atoms with Gasteiger partial charge in [0.25, 0.3) is 0 Å². The van der Waals surface area contributed by atoms with Crippen LogP contribution in [-0.4, -0.2) is 15.0 Å². The van der Waals surface area contributed by atoms with Gasteiger partial charge in [-0.05, 0) is 12.1 Å². The molecule has 4 heteroatoms. The molecule has 76 valence electrons. The molecule has 0 aliphatic carbocycles. The van der Waals surface area contributed by atoms with Crippen LogP contribution in [0.15, 0.2) is 24.3 Å². The topological polar surface area (TPSA) is 35.1 Å². The second-order valence-electron chi connectivity index (χ2n) is 3.81. The highest BCUT2D eigenvalue weighted by atomic mass is 15.5. The maximum absolute atomic E-state index is 7.18. The highest BCUT2D eigenvalue weighted by molar-refractivity contribution is 5.74. The standard InChI is InChI=1S/C11H12N4/c1-8(2)11(12-3)15-10-7-5-4-6-9(10)13-14-15/h4-8,11H,1-2H3. The summed E-state index contributed by atoms with van der Waals surface area (Å²) in [6.07, 6.45) is -0.266. The predicted octanol–water partition coefficient (Wildman–Crippen LogP) is 2.51. The van der Waals surface area contributed by atoms with Crippen molar-refractivity contribution in [2.45, 2.75) is 20.0 Å². The van der Waals surface area contributed by atoms with Crippen molar-refractivity contribution in [3.8, 4) is 0 Å². The number of nitrogens with zero attached hydrogens (tertiary/aromatic N) is 4. The summed E-state index contributed by atoms with van der Waals surface area (Å²) in [7, 11) is 0. The number of rotatable bonds is 2. The molecule has 2 rings (SSSR count). The average Bonchev–Trinajstić information content (AvgIpc) is 2.63. The summed E-state index contributed by atoms with van der Waals surface area (Å²) >= 11 is 0. The Morgan fingerprint density at radius 1 is 1.33 bits per heavy atom. The summed E-state index contributed by atoms with van der Waals surface area (Å²) in [6.45, 7) is 11.2. The number of hydrogen-bond acceptors (Lipinski definition) is 2. The number of hydrogen-bond donors (Lipinski definition) is 0. The molecule has 0 aliphatic heterocycles. The van der Waals surface area contributed by atoms with Crippen molar-refractivity contribution in [3.05, 3.63) is 35.7 Å². The van der Waals surface area contributed by atoms with Crippen molar-refractivity contribution in [3.63, 3.8) is 0 Å². The molecular weight excluding hydrogens is 188 g/mol. The van der Waals surface area contributed by atoms with Crippen molar-refractivity contribution in [2.75, 3.05) is 0 Å². The van der Waals surface area contributed by atoms with Gasteiger partial charge >= 0.3 is 6.17 Å². The fraction of sp³-hybridized carbons (Fsp3) is 0.364. The van der Waals surface area contributed by atoms with E-state index in [0.717, 1.165) is 11.0 Å². The lowest BCUT2D eigenvalue weighted by molar-refractivity contribution is 0.413. The Balaban J connectivity index is 2.57. The quantitative estimate of drug-likeness (QED) is 0.698. The fourth-order valence-corrected chi connectivity index (χ4v) is 1.57. The highest BCUT2D eigenvalue weighted by Crippen LogP contribution is 2.22. The van der Waals surface area contributed by atoms with Crippen molar-refractivity contribution < 1.29 is 0 Å². The number of para-hydroxylation sites is 1. The first-order valence-electron chi connectivity index (χ1n) is 4.90. The molecule has 0 fully saturated rings. The van der Waals surface area contributed by atoms with E-state index < -0.39 is 0 Å².